The van der Waals surface area contributed by atoms with Crippen LogP contribution in [0.2, 0.25) is 0 Å². The van der Waals surface area contributed by atoms with E-state index in [0.717, 1.165) is 54.6 Å². The first-order valence-electron chi connectivity index (χ1n) is 10.4. The average Bonchev–Trinajstić information content (AvgIpc) is 3.40. The number of hydrogen-bond donors (Lipinski definition) is 0. The summed E-state index contributed by atoms with van der Waals surface area (Å²) in [6.45, 7) is 4.19. The average molecular weight is 419 g/mol. The Morgan fingerprint density at radius 3 is 2.61 bits per heavy atom. The number of rotatable bonds is 5. The standard InChI is InChI=1S/C22H26N8O/c1-27-6-8-29(9-7-27)18-5-4-16(20(11-18)31-3)10-21-25-22-14-23-13-19(30(22)26-21)17-12-24-28(2)15-17/h4-5,11-15H,6-10H2,1-3H3. The molecule has 3 aromatic heterocycles. The van der Waals surface area contributed by atoms with Crippen LogP contribution in [0.1, 0.15) is 11.4 Å². The number of methoxy groups -OCH3 is 1. The maximum absolute atomic E-state index is 5.72. The van der Waals surface area contributed by atoms with Gasteiger partial charge >= 0.3 is 0 Å². The van der Waals surface area contributed by atoms with E-state index in [4.69, 9.17) is 9.84 Å². The van der Waals surface area contributed by atoms with E-state index in [0.29, 0.717) is 12.1 Å². The number of piperazine rings is 1. The number of ether oxygens (including phenoxy) is 1. The van der Waals surface area contributed by atoms with Gasteiger partial charge in [-0.25, -0.2) is 9.50 Å². The fraction of sp³-hybridized carbons (Fsp3) is 0.364. The summed E-state index contributed by atoms with van der Waals surface area (Å²) < 4.78 is 9.30. The molecule has 9 nitrogen and oxygen atoms in total. The van der Waals surface area contributed by atoms with Crippen LogP contribution in [0.4, 0.5) is 5.69 Å². The molecule has 4 heterocycles. The van der Waals surface area contributed by atoms with Crippen molar-refractivity contribution in [1.29, 1.82) is 0 Å². The highest BCUT2D eigenvalue weighted by Gasteiger charge is 2.17. The summed E-state index contributed by atoms with van der Waals surface area (Å²) in [5, 5.41) is 9.00. The molecule has 0 unspecified atom stereocenters. The Kier molecular flexibility index (Phi) is 5.03. The fourth-order valence-electron chi connectivity index (χ4n) is 3.99. The molecule has 1 aromatic carbocycles. The van der Waals surface area contributed by atoms with Gasteiger partial charge in [0.15, 0.2) is 11.5 Å². The fourth-order valence-corrected chi connectivity index (χ4v) is 3.99. The molecule has 1 fully saturated rings. The number of anilines is 1. The molecule has 1 aliphatic rings. The van der Waals surface area contributed by atoms with E-state index in [1.54, 1.807) is 30.4 Å². The second-order valence-corrected chi connectivity index (χ2v) is 7.96. The van der Waals surface area contributed by atoms with E-state index >= 15 is 0 Å². The van der Waals surface area contributed by atoms with E-state index in [9.17, 15) is 0 Å². The first-order valence-corrected chi connectivity index (χ1v) is 10.4. The lowest BCUT2D eigenvalue weighted by Gasteiger charge is -2.34. The Balaban J connectivity index is 1.43. The highest BCUT2D eigenvalue weighted by molar-refractivity contribution is 5.60. The van der Waals surface area contributed by atoms with Gasteiger partial charge in [0.1, 0.15) is 5.75 Å². The van der Waals surface area contributed by atoms with Gasteiger partial charge in [-0.1, -0.05) is 6.07 Å². The van der Waals surface area contributed by atoms with Gasteiger partial charge in [-0.3, -0.25) is 9.67 Å². The van der Waals surface area contributed by atoms with Gasteiger partial charge in [0.2, 0.25) is 0 Å². The second kappa shape index (κ2) is 7.99. The molecule has 0 atom stereocenters. The summed E-state index contributed by atoms with van der Waals surface area (Å²) in [5.74, 6) is 1.59. The summed E-state index contributed by atoms with van der Waals surface area (Å²) in [5.41, 5.74) is 4.78. The Bertz CT molecular complexity index is 1210. The van der Waals surface area contributed by atoms with Crippen molar-refractivity contribution < 1.29 is 4.74 Å². The molecule has 31 heavy (non-hydrogen) atoms. The van der Waals surface area contributed by atoms with Crippen LogP contribution in [-0.4, -0.2) is 74.6 Å². The lowest BCUT2D eigenvalue weighted by atomic mass is 10.1. The van der Waals surface area contributed by atoms with Crippen molar-refractivity contribution in [3.8, 4) is 17.0 Å². The zero-order chi connectivity index (χ0) is 21.4. The van der Waals surface area contributed by atoms with Crippen molar-refractivity contribution in [2.75, 3.05) is 45.2 Å². The van der Waals surface area contributed by atoms with E-state index in [-0.39, 0.29) is 0 Å². The van der Waals surface area contributed by atoms with Crippen LogP contribution in [0.3, 0.4) is 0 Å². The van der Waals surface area contributed by atoms with Crippen LogP contribution in [0, 0.1) is 0 Å². The summed E-state index contributed by atoms with van der Waals surface area (Å²) >= 11 is 0. The van der Waals surface area contributed by atoms with Gasteiger partial charge in [0, 0.05) is 68.7 Å². The molecule has 9 heteroatoms. The summed E-state index contributed by atoms with van der Waals surface area (Å²) in [7, 11) is 5.77. The molecule has 0 aliphatic carbocycles. The van der Waals surface area contributed by atoms with Gasteiger partial charge in [0.25, 0.3) is 0 Å². The predicted molar refractivity (Wildman–Crippen MR) is 118 cm³/mol. The molecule has 0 saturated carbocycles. The van der Waals surface area contributed by atoms with E-state index in [2.05, 4.69) is 50.1 Å². The maximum atomic E-state index is 5.72. The Morgan fingerprint density at radius 1 is 1.03 bits per heavy atom. The zero-order valence-corrected chi connectivity index (χ0v) is 18.1. The van der Waals surface area contributed by atoms with Crippen molar-refractivity contribution in [2.45, 2.75) is 6.42 Å². The van der Waals surface area contributed by atoms with Crippen molar-refractivity contribution in [3.05, 3.63) is 54.4 Å². The third-order valence-corrected chi connectivity index (χ3v) is 5.78. The first-order chi connectivity index (χ1) is 15.1. The number of likely N-dealkylation sites (N-methyl/N-ethyl adjacent to an activating group) is 1. The highest BCUT2D eigenvalue weighted by Crippen LogP contribution is 2.28. The minimum absolute atomic E-state index is 0.584. The van der Waals surface area contributed by atoms with Gasteiger partial charge in [0.05, 0.1) is 31.4 Å². The molecule has 0 N–H and O–H groups in total. The molecular weight excluding hydrogens is 392 g/mol. The largest absolute Gasteiger partial charge is 0.496 e. The van der Waals surface area contributed by atoms with Crippen LogP contribution >= 0.6 is 0 Å². The van der Waals surface area contributed by atoms with Crippen LogP contribution in [0.15, 0.2) is 43.0 Å². The third-order valence-electron chi connectivity index (χ3n) is 5.78. The lowest BCUT2D eigenvalue weighted by molar-refractivity contribution is 0.312. The smallest absolute Gasteiger partial charge is 0.174 e. The molecule has 5 rings (SSSR count). The van der Waals surface area contributed by atoms with E-state index < -0.39 is 0 Å². The lowest BCUT2D eigenvalue weighted by Crippen LogP contribution is -2.44. The predicted octanol–water partition coefficient (Wildman–Crippen LogP) is 1.88. The Hall–Kier alpha value is -3.46. The number of benzene rings is 1. The van der Waals surface area contributed by atoms with Crippen LogP contribution < -0.4 is 9.64 Å². The molecule has 160 valence electrons. The van der Waals surface area contributed by atoms with Crippen LogP contribution in [0.25, 0.3) is 16.9 Å². The van der Waals surface area contributed by atoms with E-state index in [1.807, 2.05) is 17.8 Å². The Morgan fingerprint density at radius 2 is 1.87 bits per heavy atom. The molecule has 0 amide bonds. The van der Waals surface area contributed by atoms with Gasteiger partial charge in [-0.05, 0) is 13.1 Å². The third kappa shape index (κ3) is 3.84. The topological polar surface area (TPSA) is 76.6 Å². The number of hydrogen-bond acceptors (Lipinski definition) is 7. The number of aryl methyl sites for hydroxylation is 1. The van der Waals surface area contributed by atoms with Crippen LogP contribution in [0.5, 0.6) is 5.75 Å². The molecule has 0 radical (unpaired) electrons. The maximum Gasteiger partial charge on any atom is 0.174 e. The number of aromatic nitrogens is 6. The zero-order valence-electron chi connectivity index (χ0n) is 18.1. The quantitative estimate of drug-likeness (QED) is 0.490. The van der Waals surface area contributed by atoms with E-state index in [1.165, 1.54) is 5.69 Å². The normalized spacial score (nSPS) is 15.0. The van der Waals surface area contributed by atoms with Crippen molar-refractivity contribution in [1.82, 2.24) is 34.3 Å². The minimum atomic E-state index is 0.584. The summed E-state index contributed by atoms with van der Waals surface area (Å²) in [4.78, 5) is 13.8. The summed E-state index contributed by atoms with van der Waals surface area (Å²) in [6.07, 6.45) is 7.84. The molecule has 1 aliphatic heterocycles. The Labute approximate surface area is 180 Å². The molecule has 0 spiro atoms. The SMILES string of the molecule is COc1cc(N2CCN(C)CC2)ccc1Cc1nc2cncc(-c3cnn(C)c3)n2n1. The molecule has 1 saturated heterocycles. The number of fused-ring (bicyclic) bond motifs is 1. The molecule has 4 aromatic rings. The molecular formula is C22H26N8O. The highest BCUT2D eigenvalue weighted by atomic mass is 16.5. The molecule has 0 bridgehead atoms. The van der Waals surface area contributed by atoms with Gasteiger partial charge < -0.3 is 14.5 Å². The first kappa shape index (κ1) is 19.5. The van der Waals surface area contributed by atoms with Crippen LogP contribution in [-0.2, 0) is 13.5 Å². The van der Waals surface area contributed by atoms with Crippen molar-refractivity contribution in [2.24, 2.45) is 7.05 Å². The van der Waals surface area contributed by atoms with Gasteiger partial charge in [-0.2, -0.15) is 10.2 Å². The van der Waals surface area contributed by atoms with Crippen molar-refractivity contribution >= 4 is 11.3 Å². The van der Waals surface area contributed by atoms with Crippen molar-refractivity contribution in [3.63, 3.8) is 0 Å². The monoisotopic (exact) mass is 418 g/mol. The minimum Gasteiger partial charge on any atom is -0.496 e. The van der Waals surface area contributed by atoms with Gasteiger partial charge in [-0.15, -0.1) is 0 Å². The second-order valence-electron chi connectivity index (χ2n) is 7.96. The summed E-state index contributed by atoms with van der Waals surface area (Å²) in [6, 6.07) is 6.42. The number of nitrogens with zero attached hydrogens (tertiary/aromatic N) is 8.